The molecule has 1 aliphatic rings. The number of amides is 1. The van der Waals surface area contributed by atoms with Crippen LogP contribution in [0.25, 0.3) is 5.57 Å². The van der Waals surface area contributed by atoms with Crippen LogP contribution < -0.4 is 0 Å². The first kappa shape index (κ1) is 14.8. The number of aliphatic hydroxyl groups is 2. The Labute approximate surface area is 120 Å². The summed E-state index contributed by atoms with van der Waals surface area (Å²) in [6, 6.07) is 1.56. The van der Waals surface area contributed by atoms with Crippen LogP contribution in [0.4, 0.5) is 4.79 Å². The topological polar surface area (TPSA) is 93.9 Å². The van der Waals surface area contributed by atoms with Gasteiger partial charge in [0.25, 0.3) is 0 Å². The van der Waals surface area contributed by atoms with Gasteiger partial charge in [-0.2, -0.15) is 0 Å². The van der Waals surface area contributed by atoms with Crippen LogP contribution in [0, 0.1) is 0 Å². The van der Waals surface area contributed by atoms with E-state index in [4.69, 9.17) is 21.8 Å². The van der Waals surface area contributed by atoms with Gasteiger partial charge in [0.05, 0.1) is 17.3 Å². The third-order valence-corrected chi connectivity index (χ3v) is 3.49. The minimum absolute atomic E-state index is 0.309. The highest BCUT2D eigenvalue weighted by atomic mass is 35.5. The van der Waals surface area contributed by atoms with Crippen LogP contribution in [0.1, 0.15) is 23.8 Å². The number of nitrogens with zero attached hydrogens (tertiary/aromatic N) is 2. The molecule has 0 spiro atoms. The van der Waals surface area contributed by atoms with Crippen LogP contribution in [0.2, 0.25) is 5.02 Å². The maximum absolute atomic E-state index is 10.8. The van der Waals surface area contributed by atoms with Gasteiger partial charge < -0.3 is 20.2 Å². The van der Waals surface area contributed by atoms with Crippen molar-refractivity contribution >= 4 is 23.3 Å². The normalized spacial score (nSPS) is 16.8. The zero-order chi connectivity index (χ0) is 14.7. The molecule has 7 heteroatoms. The van der Waals surface area contributed by atoms with Crippen molar-refractivity contribution < 1.29 is 20.1 Å². The van der Waals surface area contributed by atoms with E-state index in [2.05, 4.69) is 4.98 Å². The first-order valence-corrected chi connectivity index (χ1v) is 6.52. The second kappa shape index (κ2) is 6.21. The second-order valence-corrected chi connectivity index (χ2v) is 4.91. The summed E-state index contributed by atoms with van der Waals surface area (Å²) in [5.41, 5.74) is 1.92. The van der Waals surface area contributed by atoms with E-state index in [0.717, 1.165) is 5.57 Å². The van der Waals surface area contributed by atoms with Crippen LogP contribution in [0.15, 0.2) is 18.3 Å². The number of aliphatic hydroxyl groups excluding tert-OH is 2. The number of aromatic nitrogens is 1. The molecule has 1 atom stereocenters. The van der Waals surface area contributed by atoms with Gasteiger partial charge in [-0.3, -0.25) is 4.98 Å². The van der Waals surface area contributed by atoms with E-state index in [-0.39, 0.29) is 0 Å². The Balaban J connectivity index is 2.20. The van der Waals surface area contributed by atoms with Gasteiger partial charge in [0.1, 0.15) is 6.10 Å². The lowest BCUT2D eigenvalue weighted by molar-refractivity contribution is 0.0953. The lowest BCUT2D eigenvalue weighted by atomic mass is 10.0. The van der Waals surface area contributed by atoms with Crippen LogP contribution >= 0.6 is 11.6 Å². The van der Waals surface area contributed by atoms with Crippen molar-refractivity contribution in [2.75, 3.05) is 19.7 Å². The predicted octanol–water partition coefficient (Wildman–Crippen LogP) is 1.53. The molecule has 0 aliphatic carbocycles. The summed E-state index contributed by atoms with van der Waals surface area (Å²) in [4.78, 5) is 16.3. The Kier molecular flexibility index (Phi) is 4.59. The van der Waals surface area contributed by atoms with Crippen molar-refractivity contribution in [2.45, 2.75) is 12.5 Å². The van der Waals surface area contributed by atoms with E-state index >= 15 is 0 Å². The Morgan fingerprint density at radius 2 is 2.30 bits per heavy atom. The Bertz CT molecular complexity index is 547. The summed E-state index contributed by atoms with van der Waals surface area (Å²) in [5.74, 6) is 0. The Morgan fingerprint density at radius 1 is 1.55 bits per heavy atom. The summed E-state index contributed by atoms with van der Waals surface area (Å²) < 4.78 is 0. The van der Waals surface area contributed by atoms with Crippen molar-refractivity contribution in [1.29, 1.82) is 0 Å². The number of rotatable bonds is 3. The lowest BCUT2D eigenvalue weighted by Gasteiger charge is -2.23. The monoisotopic (exact) mass is 298 g/mol. The summed E-state index contributed by atoms with van der Waals surface area (Å²) in [6.07, 6.45) is 1.85. The van der Waals surface area contributed by atoms with Gasteiger partial charge in [0, 0.05) is 24.8 Å². The molecule has 0 bridgehead atoms. The van der Waals surface area contributed by atoms with Gasteiger partial charge in [0.2, 0.25) is 0 Å². The molecule has 0 unspecified atom stereocenters. The molecule has 0 aromatic carbocycles. The van der Waals surface area contributed by atoms with Gasteiger partial charge in [-0.1, -0.05) is 17.7 Å². The number of carboxylic acid groups (broad SMARTS) is 1. The van der Waals surface area contributed by atoms with Crippen LogP contribution in [-0.4, -0.2) is 51.0 Å². The van der Waals surface area contributed by atoms with Gasteiger partial charge in [0.15, 0.2) is 0 Å². The molecule has 3 N–H and O–H groups in total. The first-order valence-electron chi connectivity index (χ1n) is 6.14. The molecule has 0 saturated heterocycles. The molecule has 108 valence electrons. The first-order chi connectivity index (χ1) is 9.52. The molecule has 6 nitrogen and oxygen atoms in total. The lowest BCUT2D eigenvalue weighted by Crippen LogP contribution is -2.33. The average Bonchev–Trinajstić information content (AvgIpc) is 2.46. The number of hydrogen-bond acceptors (Lipinski definition) is 4. The van der Waals surface area contributed by atoms with E-state index in [1.807, 2.05) is 0 Å². The molecule has 1 aromatic heterocycles. The number of hydrogen-bond donors (Lipinski definition) is 3. The maximum atomic E-state index is 10.8. The average molecular weight is 299 g/mol. The quantitative estimate of drug-likeness (QED) is 0.787. The molecule has 0 radical (unpaired) electrons. The van der Waals surface area contributed by atoms with Gasteiger partial charge in [-0.05, 0) is 18.1 Å². The predicted molar refractivity (Wildman–Crippen MR) is 73.5 cm³/mol. The van der Waals surface area contributed by atoms with Gasteiger partial charge in [-0.15, -0.1) is 0 Å². The summed E-state index contributed by atoms with van der Waals surface area (Å²) in [5, 5.41) is 27.7. The minimum atomic E-state index is -1.00. The van der Waals surface area contributed by atoms with Gasteiger partial charge >= 0.3 is 6.09 Å². The van der Waals surface area contributed by atoms with E-state index in [0.29, 0.717) is 35.8 Å². The highest BCUT2D eigenvalue weighted by Gasteiger charge is 2.19. The van der Waals surface area contributed by atoms with E-state index in [9.17, 15) is 9.90 Å². The molecule has 0 saturated carbocycles. The van der Waals surface area contributed by atoms with E-state index in [1.165, 1.54) is 11.1 Å². The Morgan fingerprint density at radius 3 is 2.80 bits per heavy atom. The largest absolute Gasteiger partial charge is 0.465 e. The summed E-state index contributed by atoms with van der Waals surface area (Å²) >= 11 is 6.14. The van der Waals surface area contributed by atoms with E-state index in [1.54, 1.807) is 12.1 Å². The molecule has 1 amide bonds. The van der Waals surface area contributed by atoms with Crippen molar-refractivity contribution in [3.8, 4) is 0 Å². The highest BCUT2D eigenvalue weighted by molar-refractivity contribution is 6.32. The molecule has 20 heavy (non-hydrogen) atoms. The number of pyridine rings is 1. The molecular weight excluding hydrogens is 284 g/mol. The fraction of sp³-hybridized carbons (Fsp3) is 0.385. The van der Waals surface area contributed by atoms with Crippen molar-refractivity contribution in [2.24, 2.45) is 0 Å². The Hall–Kier alpha value is -1.63. The highest BCUT2D eigenvalue weighted by Crippen LogP contribution is 2.28. The number of carbonyl (C=O) groups is 1. The molecule has 1 aliphatic heterocycles. The SMILES string of the molecule is O=C(O)N1CC=C(c2ncc([C@H](O)CO)cc2Cl)CC1. The molecule has 0 fully saturated rings. The standard InChI is InChI=1S/C13H15ClN2O4/c14-10-5-9(11(18)7-17)6-15-12(10)8-1-3-16(4-2-8)13(19)20/h1,5-6,11,17-18H,2-4,7H2,(H,19,20)/t11-/m1/s1. The van der Waals surface area contributed by atoms with E-state index < -0.39 is 18.8 Å². The van der Waals surface area contributed by atoms with Crippen LogP contribution in [0.3, 0.4) is 0 Å². The number of halogens is 1. The summed E-state index contributed by atoms with van der Waals surface area (Å²) in [6.45, 7) is 0.317. The molecule has 1 aromatic rings. The van der Waals surface area contributed by atoms with Crippen molar-refractivity contribution in [1.82, 2.24) is 9.88 Å². The second-order valence-electron chi connectivity index (χ2n) is 4.51. The van der Waals surface area contributed by atoms with Crippen molar-refractivity contribution in [3.63, 3.8) is 0 Å². The van der Waals surface area contributed by atoms with Crippen LogP contribution in [0.5, 0.6) is 0 Å². The van der Waals surface area contributed by atoms with Gasteiger partial charge in [-0.25, -0.2) is 4.79 Å². The fourth-order valence-electron chi connectivity index (χ4n) is 2.03. The molecule has 2 heterocycles. The van der Waals surface area contributed by atoms with Crippen LogP contribution in [-0.2, 0) is 0 Å². The fourth-order valence-corrected chi connectivity index (χ4v) is 2.33. The third kappa shape index (κ3) is 3.09. The maximum Gasteiger partial charge on any atom is 0.407 e. The minimum Gasteiger partial charge on any atom is -0.465 e. The zero-order valence-electron chi connectivity index (χ0n) is 10.7. The zero-order valence-corrected chi connectivity index (χ0v) is 11.4. The van der Waals surface area contributed by atoms with Crippen molar-refractivity contribution in [3.05, 3.63) is 34.6 Å². The smallest absolute Gasteiger partial charge is 0.407 e. The third-order valence-electron chi connectivity index (χ3n) is 3.20. The summed E-state index contributed by atoms with van der Waals surface area (Å²) in [7, 11) is 0. The molecular formula is C13H15ClN2O4. The molecule has 2 rings (SSSR count).